The third kappa shape index (κ3) is 5.51. The van der Waals surface area contributed by atoms with Crippen molar-refractivity contribution in [3.05, 3.63) is 33.3 Å². The molecule has 0 spiro atoms. The summed E-state index contributed by atoms with van der Waals surface area (Å²) in [7, 11) is 0. The van der Waals surface area contributed by atoms with Crippen molar-refractivity contribution in [1.29, 1.82) is 0 Å². The number of carboxylic acid groups (broad SMARTS) is 1. The Morgan fingerprint density at radius 1 is 1.40 bits per heavy atom. The zero-order valence-corrected chi connectivity index (χ0v) is 13.7. The second-order valence-corrected chi connectivity index (χ2v) is 6.29. The van der Waals surface area contributed by atoms with Crippen molar-refractivity contribution in [2.45, 2.75) is 32.7 Å². The lowest BCUT2D eigenvalue weighted by molar-refractivity contribution is -0.141. The molecular formula is C14H17BrClNO3. The van der Waals surface area contributed by atoms with Gasteiger partial charge in [0.1, 0.15) is 6.04 Å². The van der Waals surface area contributed by atoms with Crippen LogP contribution in [0.5, 0.6) is 0 Å². The molecule has 1 aromatic carbocycles. The zero-order valence-electron chi connectivity index (χ0n) is 11.3. The fourth-order valence-electron chi connectivity index (χ4n) is 1.74. The number of carboxylic acids is 1. The van der Waals surface area contributed by atoms with Crippen LogP contribution in [-0.2, 0) is 16.0 Å². The standard InChI is InChI=1S/C14H17BrClNO3/c1-8(2)5-13(18)17-12(14(19)20)7-9-6-10(16)3-4-11(9)15/h3-4,6,8,12H,5,7H2,1-2H3,(H,17,18)(H,19,20)/t12-/m0/s1. The van der Waals surface area contributed by atoms with Gasteiger partial charge in [-0.1, -0.05) is 41.4 Å². The molecule has 1 amide bonds. The SMILES string of the molecule is CC(C)CC(=O)N[C@@H](Cc1cc(Cl)ccc1Br)C(=O)O. The van der Waals surface area contributed by atoms with E-state index in [1.165, 1.54) is 0 Å². The molecule has 0 unspecified atom stereocenters. The molecular weight excluding hydrogens is 346 g/mol. The third-order valence-corrected chi connectivity index (χ3v) is 3.67. The van der Waals surface area contributed by atoms with Gasteiger partial charge < -0.3 is 10.4 Å². The number of nitrogens with one attached hydrogen (secondary N) is 1. The van der Waals surface area contributed by atoms with Crippen LogP contribution in [0, 0.1) is 5.92 Å². The Morgan fingerprint density at radius 3 is 2.60 bits per heavy atom. The van der Waals surface area contributed by atoms with Crippen molar-refractivity contribution in [1.82, 2.24) is 5.32 Å². The van der Waals surface area contributed by atoms with Crippen molar-refractivity contribution >= 4 is 39.4 Å². The molecule has 1 rings (SSSR count). The van der Waals surface area contributed by atoms with Crippen LogP contribution in [0.25, 0.3) is 0 Å². The Morgan fingerprint density at radius 2 is 2.05 bits per heavy atom. The van der Waals surface area contributed by atoms with Gasteiger partial charge in [-0.05, 0) is 29.7 Å². The summed E-state index contributed by atoms with van der Waals surface area (Å²) in [4.78, 5) is 23.0. The normalized spacial score (nSPS) is 12.2. The minimum Gasteiger partial charge on any atom is -0.480 e. The van der Waals surface area contributed by atoms with E-state index in [1.807, 2.05) is 13.8 Å². The molecule has 20 heavy (non-hydrogen) atoms. The third-order valence-electron chi connectivity index (χ3n) is 2.66. The van der Waals surface area contributed by atoms with Crippen molar-refractivity contribution in [2.24, 2.45) is 5.92 Å². The van der Waals surface area contributed by atoms with Crippen LogP contribution in [0.15, 0.2) is 22.7 Å². The average molecular weight is 363 g/mol. The number of benzene rings is 1. The predicted molar refractivity (Wildman–Crippen MR) is 81.9 cm³/mol. The second kappa shape index (κ2) is 7.64. The van der Waals surface area contributed by atoms with Crippen molar-refractivity contribution in [2.75, 3.05) is 0 Å². The minimum atomic E-state index is -1.06. The lowest BCUT2D eigenvalue weighted by Gasteiger charge is -2.16. The zero-order chi connectivity index (χ0) is 15.3. The summed E-state index contributed by atoms with van der Waals surface area (Å²) < 4.78 is 0.770. The molecule has 1 aromatic rings. The predicted octanol–water partition coefficient (Wildman–Crippen LogP) is 3.26. The van der Waals surface area contributed by atoms with Gasteiger partial charge in [-0.2, -0.15) is 0 Å². The van der Waals surface area contributed by atoms with E-state index in [4.69, 9.17) is 11.6 Å². The maximum atomic E-state index is 11.7. The number of aliphatic carboxylic acids is 1. The summed E-state index contributed by atoms with van der Waals surface area (Å²) in [5.41, 5.74) is 0.745. The van der Waals surface area contributed by atoms with Crippen molar-refractivity contribution in [3.63, 3.8) is 0 Å². The van der Waals surface area contributed by atoms with E-state index >= 15 is 0 Å². The Kier molecular flexibility index (Phi) is 6.49. The van der Waals surface area contributed by atoms with E-state index in [-0.39, 0.29) is 18.2 Å². The summed E-state index contributed by atoms with van der Waals surface area (Å²) in [5, 5.41) is 12.3. The molecule has 0 radical (unpaired) electrons. The molecule has 1 atom stereocenters. The highest BCUT2D eigenvalue weighted by molar-refractivity contribution is 9.10. The van der Waals surface area contributed by atoms with Crippen molar-refractivity contribution in [3.8, 4) is 0 Å². The molecule has 6 heteroatoms. The number of hydrogen-bond donors (Lipinski definition) is 2. The van der Waals surface area contributed by atoms with Crippen LogP contribution in [0.3, 0.4) is 0 Å². The smallest absolute Gasteiger partial charge is 0.326 e. The lowest BCUT2D eigenvalue weighted by atomic mass is 10.0. The van der Waals surface area contributed by atoms with Gasteiger partial charge in [-0.3, -0.25) is 4.79 Å². The monoisotopic (exact) mass is 361 g/mol. The van der Waals surface area contributed by atoms with E-state index in [2.05, 4.69) is 21.2 Å². The van der Waals surface area contributed by atoms with E-state index in [0.717, 1.165) is 10.0 Å². The molecule has 0 aromatic heterocycles. The quantitative estimate of drug-likeness (QED) is 0.816. The molecule has 0 aliphatic rings. The molecule has 0 saturated carbocycles. The largest absolute Gasteiger partial charge is 0.480 e. The van der Waals surface area contributed by atoms with Gasteiger partial charge in [0.25, 0.3) is 0 Å². The highest BCUT2D eigenvalue weighted by Crippen LogP contribution is 2.22. The summed E-state index contributed by atoms with van der Waals surface area (Å²) in [6, 6.07) is 4.20. The van der Waals surface area contributed by atoms with Crippen LogP contribution in [0.4, 0.5) is 0 Å². The fourth-order valence-corrected chi connectivity index (χ4v) is 2.35. The molecule has 0 aliphatic heterocycles. The van der Waals surface area contributed by atoms with Gasteiger partial charge in [0.2, 0.25) is 5.91 Å². The molecule has 2 N–H and O–H groups in total. The van der Waals surface area contributed by atoms with Crippen LogP contribution in [-0.4, -0.2) is 23.0 Å². The van der Waals surface area contributed by atoms with Crippen LogP contribution in [0.1, 0.15) is 25.8 Å². The number of carbonyl (C=O) groups excluding carboxylic acids is 1. The van der Waals surface area contributed by atoms with Gasteiger partial charge in [0.05, 0.1) is 0 Å². The Balaban J connectivity index is 2.80. The van der Waals surface area contributed by atoms with Gasteiger partial charge in [-0.25, -0.2) is 4.79 Å². The van der Waals surface area contributed by atoms with Gasteiger partial charge >= 0.3 is 5.97 Å². The van der Waals surface area contributed by atoms with Gasteiger partial charge in [0.15, 0.2) is 0 Å². The van der Waals surface area contributed by atoms with Crippen LogP contribution < -0.4 is 5.32 Å². The maximum absolute atomic E-state index is 11.7. The molecule has 4 nitrogen and oxygen atoms in total. The Hall–Kier alpha value is -1.07. The topological polar surface area (TPSA) is 66.4 Å². The summed E-state index contributed by atoms with van der Waals surface area (Å²) in [6.45, 7) is 3.81. The van der Waals surface area contributed by atoms with Crippen LogP contribution >= 0.6 is 27.5 Å². The van der Waals surface area contributed by atoms with E-state index in [1.54, 1.807) is 18.2 Å². The highest BCUT2D eigenvalue weighted by Gasteiger charge is 2.21. The number of carbonyl (C=O) groups is 2. The molecule has 110 valence electrons. The first-order valence-corrected chi connectivity index (χ1v) is 7.42. The highest BCUT2D eigenvalue weighted by atomic mass is 79.9. The van der Waals surface area contributed by atoms with E-state index < -0.39 is 12.0 Å². The molecule has 0 heterocycles. The average Bonchev–Trinajstić information content (AvgIpc) is 2.31. The number of rotatable bonds is 6. The first-order chi connectivity index (χ1) is 9.29. The second-order valence-electron chi connectivity index (χ2n) is 5.00. The van der Waals surface area contributed by atoms with Crippen LogP contribution in [0.2, 0.25) is 5.02 Å². The maximum Gasteiger partial charge on any atom is 0.326 e. The van der Waals surface area contributed by atoms with Gasteiger partial charge in [0, 0.05) is 22.3 Å². The summed E-state index contributed by atoms with van der Waals surface area (Å²) >= 11 is 9.25. The Labute approximate surface area is 131 Å². The molecule has 0 bridgehead atoms. The first kappa shape index (κ1) is 17.0. The molecule has 0 aliphatic carbocycles. The summed E-state index contributed by atoms with van der Waals surface area (Å²) in [6.07, 6.45) is 0.487. The van der Waals surface area contributed by atoms with E-state index in [0.29, 0.717) is 11.4 Å². The fraction of sp³-hybridized carbons (Fsp3) is 0.429. The Bertz CT molecular complexity index is 505. The summed E-state index contributed by atoms with van der Waals surface area (Å²) in [5.74, 6) is -1.14. The lowest BCUT2D eigenvalue weighted by Crippen LogP contribution is -2.42. The minimum absolute atomic E-state index is 0.181. The number of halogens is 2. The first-order valence-electron chi connectivity index (χ1n) is 6.25. The molecule has 0 saturated heterocycles. The van der Waals surface area contributed by atoms with Gasteiger partial charge in [-0.15, -0.1) is 0 Å². The molecule has 0 fully saturated rings. The number of amides is 1. The van der Waals surface area contributed by atoms with Crippen molar-refractivity contribution < 1.29 is 14.7 Å². The van der Waals surface area contributed by atoms with E-state index in [9.17, 15) is 14.7 Å². The number of hydrogen-bond acceptors (Lipinski definition) is 2.